The van der Waals surface area contributed by atoms with Crippen molar-refractivity contribution < 1.29 is 0 Å². The molecule has 0 aliphatic carbocycles. The topological polar surface area (TPSA) is 68.7 Å². The normalized spacial score (nSPS) is 15.5. The predicted molar refractivity (Wildman–Crippen MR) is 115 cm³/mol. The van der Waals surface area contributed by atoms with Gasteiger partial charge in [-0.25, -0.2) is 15.0 Å². The van der Waals surface area contributed by atoms with Gasteiger partial charge >= 0.3 is 0 Å². The number of halogens is 1. The van der Waals surface area contributed by atoms with Crippen LogP contribution in [0.3, 0.4) is 0 Å². The number of aliphatic imine (C=N–C) groups is 1. The van der Waals surface area contributed by atoms with E-state index in [0.717, 1.165) is 68.3 Å². The first-order valence-electron chi connectivity index (χ1n) is 9.75. The fourth-order valence-electron chi connectivity index (χ4n) is 3.06. The number of aromatic nitrogens is 2. The van der Waals surface area contributed by atoms with Gasteiger partial charge in [0.2, 0.25) is 5.95 Å². The molecule has 1 aliphatic heterocycles. The van der Waals surface area contributed by atoms with Crippen LogP contribution >= 0.6 is 11.6 Å². The Morgan fingerprint density at radius 3 is 2.46 bits per heavy atom. The van der Waals surface area contributed by atoms with E-state index in [1.54, 1.807) is 12.4 Å². The summed E-state index contributed by atoms with van der Waals surface area (Å²) >= 11 is 5.94. The number of hydrogen-bond donors (Lipinski definition) is 2. The SMILES string of the molecule is CCNC(=NCc1ccc(Cl)cc1)NCCN1CCN(c2ncccn2)CC1. The summed E-state index contributed by atoms with van der Waals surface area (Å²) in [6, 6.07) is 9.65. The summed E-state index contributed by atoms with van der Waals surface area (Å²) in [6.07, 6.45) is 3.59. The highest BCUT2D eigenvalue weighted by molar-refractivity contribution is 6.30. The van der Waals surface area contributed by atoms with Gasteiger partial charge in [-0.1, -0.05) is 23.7 Å². The molecule has 0 atom stereocenters. The van der Waals surface area contributed by atoms with Crippen molar-refractivity contribution in [1.82, 2.24) is 25.5 Å². The second-order valence-electron chi connectivity index (χ2n) is 6.63. The minimum atomic E-state index is 0.627. The number of benzene rings is 1. The highest BCUT2D eigenvalue weighted by Crippen LogP contribution is 2.10. The lowest BCUT2D eigenvalue weighted by Crippen LogP contribution is -2.49. The molecule has 0 spiro atoms. The number of nitrogens with zero attached hydrogens (tertiary/aromatic N) is 5. The molecule has 7 nitrogen and oxygen atoms in total. The van der Waals surface area contributed by atoms with Crippen LogP contribution in [0, 0.1) is 0 Å². The lowest BCUT2D eigenvalue weighted by molar-refractivity contribution is 0.260. The molecule has 2 N–H and O–H groups in total. The Labute approximate surface area is 171 Å². The maximum atomic E-state index is 5.94. The standard InChI is InChI=1S/C20H28ClN7/c1-2-22-19(26-16-17-4-6-18(21)7-5-17)23-10-11-27-12-14-28(15-13-27)20-24-8-3-9-25-20/h3-9H,2,10-16H2,1H3,(H2,22,23,26). The fourth-order valence-corrected chi connectivity index (χ4v) is 3.19. The van der Waals surface area contributed by atoms with Crippen molar-refractivity contribution in [2.24, 2.45) is 4.99 Å². The summed E-state index contributed by atoms with van der Waals surface area (Å²) < 4.78 is 0. The summed E-state index contributed by atoms with van der Waals surface area (Å²) in [5.74, 6) is 1.66. The average molecular weight is 402 g/mol. The average Bonchev–Trinajstić information content (AvgIpc) is 2.74. The molecule has 0 unspecified atom stereocenters. The van der Waals surface area contributed by atoms with Crippen LogP contribution in [0.2, 0.25) is 5.02 Å². The molecule has 2 heterocycles. The van der Waals surface area contributed by atoms with E-state index in [0.29, 0.717) is 6.54 Å². The van der Waals surface area contributed by atoms with Gasteiger partial charge in [-0.05, 0) is 30.7 Å². The molecule has 150 valence electrons. The van der Waals surface area contributed by atoms with Gasteiger partial charge in [0, 0.05) is 63.2 Å². The maximum absolute atomic E-state index is 5.94. The molecule has 1 aromatic carbocycles. The van der Waals surface area contributed by atoms with E-state index < -0.39 is 0 Å². The molecular formula is C20H28ClN7. The van der Waals surface area contributed by atoms with E-state index in [9.17, 15) is 0 Å². The Morgan fingerprint density at radius 2 is 1.79 bits per heavy atom. The van der Waals surface area contributed by atoms with Gasteiger partial charge in [0.1, 0.15) is 0 Å². The largest absolute Gasteiger partial charge is 0.357 e. The van der Waals surface area contributed by atoms with Crippen molar-refractivity contribution >= 4 is 23.5 Å². The van der Waals surface area contributed by atoms with Crippen LogP contribution in [0.1, 0.15) is 12.5 Å². The van der Waals surface area contributed by atoms with Crippen LogP contribution in [-0.2, 0) is 6.54 Å². The summed E-state index contributed by atoms with van der Waals surface area (Å²) in [5, 5.41) is 7.47. The molecule has 1 saturated heterocycles. The van der Waals surface area contributed by atoms with E-state index in [2.05, 4.69) is 42.3 Å². The lowest BCUT2D eigenvalue weighted by atomic mass is 10.2. The fraction of sp³-hybridized carbons (Fsp3) is 0.450. The number of anilines is 1. The van der Waals surface area contributed by atoms with Crippen LogP contribution in [0.25, 0.3) is 0 Å². The van der Waals surface area contributed by atoms with Crippen molar-refractivity contribution in [3.8, 4) is 0 Å². The maximum Gasteiger partial charge on any atom is 0.225 e. The Bertz CT molecular complexity index is 728. The first-order chi connectivity index (χ1) is 13.7. The van der Waals surface area contributed by atoms with Gasteiger partial charge in [0.15, 0.2) is 5.96 Å². The molecule has 0 radical (unpaired) electrons. The number of hydrogen-bond acceptors (Lipinski definition) is 5. The summed E-state index contributed by atoms with van der Waals surface area (Å²) in [7, 11) is 0. The third kappa shape index (κ3) is 6.35. The quantitative estimate of drug-likeness (QED) is 0.546. The molecule has 3 rings (SSSR count). The van der Waals surface area contributed by atoms with Gasteiger partial charge in [-0.15, -0.1) is 0 Å². The Kier molecular flexibility index (Phi) is 7.87. The molecule has 1 aromatic heterocycles. The van der Waals surface area contributed by atoms with Crippen LogP contribution < -0.4 is 15.5 Å². The summed E-state index contributed by atoms with van der Waals surface area (Å²) in [5.41, 5.74) is 1.14. The van der Waals surface area contributed by atoms with Crippen LogP contribution in [0.15, 0.2) is 47.7 Å². The number of rotatable bonds is 7. The third-order valence-corrected chi connectivity index (χ3v) is 4.86. The zero-order chi connectivity index (χ0) is 19.6. The minimum absolute atomic E-state index is 0.627. The molecule has 0 saturated carbocycles. The minimum Gasteiger partial charge on any atom is -0.357 e. The van der Waals surface area contributed by atoms with E-state index in [4.69, 9.17) is 11.6 Å². The van der Waals surface area contributed by atoms with Gasteiger partial charge in [-0.3, -0.25) is 4.90 Å². The van der Waals surface area contributed by atoms with E-state index in [-0.39, 0.29) is 0 Å². The molecule has 1 aliphatic rings. The van der Waals surface area contributed by atoms with Crippen LogP contribution in [0.4, 0.5) is 5.95 Å². The van der Waals surface area contributed by atoms with Gasteiger partial charge in [0.05, 0.1) is 6.54 Å². The molecule has 0 bridgehead atoms. The first-order valence-corrected chi connectivity index (χ1v) is 10.1. The first kappa shape index (κ1) is 20.4. The number of nitrogens with one attached hydrogen (secondary N) is 2. The Balaban J connectivity index is 1.41. The smallest absolute Gasteiger partial charge is 0.225 e. The van der Waals surface area contributed by atoms with Gasteiger partial charge in [0.25, 0.3) is 0 Å². The summed E-state index contributed by atoms with van der Waals surface area (Å²) in [4.78, 5) is 18.0. The molecule has 2 aromatic rings. The predicted octanol–water partition coefficient (Wildman–Crippen LogP) is 2.01. The Hall–Kier alpha value is -2.38. The molecule has 28 heavy (non-hydrogen) atoms. The molecule has 0 amide bonds. The number of piperazine rings is 1. The van der Waals surface area contributed by atoms with Crippen molar-refractivity contribution in [3.05, 3.63) is 53.3 Å². The monoisotopic (exact) mass is 401 g/mol. The van der Waals surface area contributed by atoms with Crippen LogP contribution in [0.5, 0.6) is 0 Å². The highest BCUT2D eigenvalue weighted by atomic mass is 35.5. The summed E-state index contributed by atoms with van der Waals surface area (Å²) in [6.45, 7) is 9.30. The van der Waals surface area contributed by atoms with Gasteiger partial charge < -0.3 is 15.5 Å². The highest BCUT2D eigenvalue weighted by Gasteiger charge is 2.18. The molecule has 1 fully saturated rings. The van der Waals surface area contributed by atoms with Crippen molar-refractivity contribution in [3.63, 3.8) is 0 Å². The van der Waals surface area contributed by atoms with Crippen molar-refractivity contribution in [1.29, 1.82) is 0 Å². The van der Waals surface area contributed by atoms with Gasteiger partial charge in [-0.2, -0.15) is 0 Å². The van der Waals surface area contributed by atoms with E-state index >= 15 is 0 Å². The third-order valence-electron chi connectivity index (χ3n) is 4.60. The van der Waals surface area contributed by atoms with E-state index in [1.165, 1.54) is 0 Å². The lowest BCUT2D eigenvalue weighted by Gasteiger charge is -2.34. The van der Waals surface area contributed by atoms with Crippen molar-refractivity contribution in [2.75, 3.05) is 50.7 Å². The second-order valence-corrected chi connectivity index (χ2v) is 7.06. The zero-order valence-electron chi connectivity index (χ0n) is 16.3. The van der Waals surface area contributed by atoms with E-state index in [1.807, 2.05) is 30.3 Å². The molecule has 8 heteroatoms. The number of guanidine groups is 1. The zero-order valence-corrected chi connectivity index (χ0v) is 17.1. The van der Waals surface area contributed by atoms with Crippen LogP contribution in [-0.4, -0.2) is 66.6 Å². The molecular weight excluding hydrogens is 374 g/mol. The Morgan fingerprint density at radius 1 is 1.07 bits per heavy atom. The second kappa shape index (κ2) is 10.8. The van der Waals surface area contributed by atoms with Crippen molar-refractivity contribution in [2.45, 2.75) is 13.5 Å².